The van der Waals surface area contributed by atoms with Crippen molar-refractivity contribution in [3.05, 3.63) is 38.6 Å². The quantitative estimate of drug-likeness (QED) is 0.768. The minimum absolute atomic E-state index is 0.0312. The van der Waals surface area contributed by atoms with Crippen LogP contribution in [-0.4, -0.2) is 42.9 Å². The zero-order valence-electron chi connectivity index (χ0n) is 16.0. The van der Waals surface area contributed by atoms with Gasteiger partial charge in [-0.1, -0.05) is 0 Å². The maximum atomic E-state index is 12.8. The fourth-order valence-corrected chi connectivity index (χ4v) is 3.74. The summed E-state index contributed by atoms with van der Waals surface area (Å²) in [7, 11) is 0. The monoisotopic (exact) mass is 372 g/mol. The van der Waals surface area contributed by atoms with Gasteiger partial charge in [-0.05, 0) is 34.1 Å². The highest BCUT2D eigenvalue weighted by atomic mass is 16.2. The number of hydrogen-bond donors (Lipinski definition) is 2. The number of nitrogens with zero attached hydrogens (tertiary/aromatic N) is 4. The van der Waals surface area contributed by atoms with Crippen molar-refractivity contribution >= 4 is 17.6 Å². The van der Waals surface area contributed by atoms with Crippen LogP contribution in [-0.2, 0) is 17.8 Å². The van der Waals surface area contributed by atoms with Gasteiger partial charge in [-0.15, -0.1) is 0 Å². The van der Waals surface area contributed by atoms with Gasteiger partial charge in [0.15, 0.2) is 5.78 Å². The summed E-state index contributed by atoms with van der Waals surface area (Å²) in [6.45, 7) is 7.79. The fraction of sp³-hybridized carbons (Fsp3) is 0.500. The number of H-pyrrole nitrogens is 1. The number of hydrogen-bond acceptors (Lipinski definition) is 6. The third-order valence-electron chi connectivity index (χ3n) is 5.01. The lowest BCUT2D eigenvalue weighted by atomic mass is 10.1. The standard InChI is InChI=1S/C18H24N6O3/c1-9(24-11(3)16(12(4)25)10(2)22-24)7-15(26)23-6-5-13-14(8-23)20-18(19)21-17(13)27/h9H,5-8H2,1-4H3,(H3,19,20,21,27)/t9-/m1/s1. The Balaban J connectivity index is 1.75. The summed E-state index contributed by atoms with van der Waals surface area (Å²) in [6, 6.07) is -0.192. The molecule has 9 heteroatoms. The van der Waals surface area contributed by atoms with E-state index in [0.29, 0.717) is 35.5 Å². The summed E-state index contributed by atoms with van der Waals surface area (Å²) < 4.78 is 1.74. The Hall–Kier alpha value is -2.97. The normalized spacial score (nSPS) is 14.7. The summed E-state index contributed by atoms with van der Waals surface area (Å²) >= 11 is 0. The van der Waals surface area contributed by atoms with E-state index in [9.17, 15) is 14.4 Å². The van der Waals surface area contributed by atoms with Crippen LogP contribution in [0.25, 0.3) is 0 Å². The molecule has 3 heterocycles. The van der Waals surface area contributed by atoms with Gasteiger partial charge in [-0.3, -0.25) is 24.0 Å². The molecule has 1 amide bonds. The Kier molecular flexibility index (Phi) is 4.86. The highest BCUT2D eigenvalue weighted by molar-refractivity contribution is 5.96. The molecule has 0 fully saturated rings. The van der Waals surface area contributed by atoms with Crippen LogP contribution in [0.4, 0.5) is 5.95 Å². The highest BCUT2D eigenvalue weighted by Crippen LogP contribution is 2.22. The summed E-state index contributed by atoms with van der Waals surface area (Å²) in [4.78, 5) is 44.8. The van der Waals surface area contributed by atoms with Crippen molar-refractivity contribution in [2.75, 3.05) is 12.3 Å². The lowest BCUT2D eigenvalue weighted by Crippen LogP contribution is -2.40. The van der Waals surface area contributed by atoms with E-state index >= 15 is 0 Å². The molecule has 144 valence electrons. The number of carbonyl (C=O) groups excluding carboxylic acids is 2. The minimum atomic E-state index is -0.239. The molecule has 2 aromatic rings. The lowest BCUT2D eigenvalue weighted by Gasteiger charge is -2.29. The maximum absolute atomic E-state index is 12.8. The minimum Gasteiger partial charge on any atom is -0.369 e. The molecule has 1 aliphatic rings. The number of rotatable bonds is 4. The fourth-order valence-electron chi connectivity index (χ4n) is 3.74. The smallest absolute Gasteiger partial charge is 0.255 e. The predicted molar refractivity (Wildman–Crippen MR) is 99.4 cm³/mol. The molecule has 3 rings (SSSR count). The lowest BCUT2D eigenvalue weighted by molar-refractivity contribution is -0.133. The molecule has 3 N–H and O–H groups in total. The molecule has 0 aliphatic carbocycles. The van der Waals surface area contributed by atoms with Crippen molar-refractivity contribution in [2.45, 2.75) is 53.1 Å². The molecule has 0 spiro atoms. The van der Waals surface area contributed by atoms with Gasteiger partial charge in [0.25, 0.3) is 5.56 Å². The van der Waals surface area contributed by atoms with Gasteiger partial charge in [-0.25, -0.2) is 4.98 Å². The van der Waals surface area contributed by atoms with Crippen molar-refractivity contribution in [2.24, 2.45) is 0 Å². The summed E-state index contributed by atoms with van der Waals surface area (Å²) in [5.41, 5.74) is 8.56. The predicted octanol–water partition coefficient (Wildman–Crippen LogP) is 0.904. The van der Waals surface area contributed by atoms with Crippen LogP contribution >= 0.6 is 0 Å². The second-order valence-corrected chi connectivity index (χ2v) is 7.04. The zero-order chi connectivity index (χ0) is 19.9. The molecule has 0 aromatic carbocycles. The Morgan fingerprint density at radius 2 is 2.04 bits per heavy atom. The third-order valence-corrected chi connectivity index (χ3v) is 5.01. The number of ketones is 1. The van der Waals surface area contributed by atoms with Gasteiger partial charge in [0.1, 0.15) is 0 Å². The summed E-state index contributed by atoms with van der Waals surface area (Å²) in [5.74, 6) is -0.0251. The van der Waals surface area contributed by atoms with E-state index in [4.69, 9.17) is 5.73 Å². The molecule has 27 heavy (non-hydrogen) atoms. The van der Waals surface area contributed by atoms with Crippen LogP contribution in [0.5, 0.6) is 0 Å². The Bertz CT molecular complexity index is 974. The second-order valence-electron chi connectivity index (χ2n) is 7.04. The molecule has 0 bridgehead atoms. The molecule has 2 aromatic heterocycles. The number of aromatic amines is 1. The van der Waals surface area contributed by atoms with Crippen molar-refractivity contribution < 1.29 is 9.59 Å². The number of nitrogens with two attached hydrogens (primary N) is 1. The Morgan fingerprint density at radius 3 is 2.67 bits per heavy atom. The first-order chi connectivity index (χ1) is 12.7. The number of nitrogen functional groups attached to an aromatic ring is 1. The molecule has 1 aliphatic heterocycles. The molecule has 0 unspecified atom stereocenters. The number of aromatic nitrogens is 4. The largest absolute Gasteiger partial charge is 0.369 e. The van der Waals surface area contributed by atoms with Crippen LogP contribution in [0.3, 0.4) is 0 Å². The molecule has 0 radical (unpaired) electrons. The molecule has 0 saturated carbocycles. The third kappa shape index (κ3) is 3.49. The molecular weight excluding hydrogens is 348 g/mol. The SMILES string of the molecule is CC(=O)c1c(C)nn([C@H](C)CC(=O)N2CCc3c(nc(N)[nH]c3=O)C2)c1C. The maximum Gasteiger partial charge on any atom is 0.255 e. The van der Waals surface area contributed by atoms with Crippen LogP contribution in [0.1, 0.15) is 59.3 Å². The van der Waals surface area contributed by atoms with E-state index in [2.05, 4.69) is 15.1 Å². The van der Waals surface area contributed by atoms with Crippen LogP contribution < -0.4 is 11.3 Å². The van der Waals surface area contributed by atoms with Crippen molar-refractivity contribution in [1.29, 1.82) is 0 Å². The first kappa shape index (κ1) is 18.8. The molecule has 9 nitrogen and oxygen atoms in total. The average molecular weight is 372 g/mol. The Labute approximate surface area is 156 Å². The van der Waals surface area contributed by atoms with Crippen molar-refractivity contribution in [3.8, 4) is 0 Å². The molecule has 1 atom stereocenters. The molecular formula is C18H24N6O3. The number of nitrogens with one attached hydrogen (secondary N) is 1. The Morgan fingerprint density at radius 1 is 1.33 bits per heavy atom. The second kappa shape index (κ2) is 6.98. The first-order valence-corrected chi connectivity index (χ1v) is 8.91. The number of aryl methyl sites for hydroxylation is 1. The number of anilines is 1. The molecule has 0 saturated heterocycles. The first-order valence-electron chi connectivity index (χ1n) is 8.91. The van der Waals surface area contributed by atoms with Gasteiger partial charge in [-0.2, -0.15) is 5.10 Å². The number of carbonyl (C=O) groups is 2. The van der Waals surface area contributed by atoms with Gasteiger partial charge in [0.2, 0.25) is 11.9 Å². The number of fused-ring (bicyclic) bond motifs is 1. The van der Waals surface area contributed by atoms with Crippen LogP contribution in [0.15, 0.2) is 4.79 Å². The number of Topliss-reactive ketones (excluding diaryl/α,β-unsaturated/α-hetero) is 1. The van der Waals surface area contributed by atoms with Crippen LogP contribution in [0.2, 0.25) is 0 Å². The zero-order valence-corrected chi connectivity index (χ0v) is 16.0. The van der Waals surface area contributed by atoms with Crippen molar-refractivity contribution in [1.82, 2.24) is 24.6 Å². The summed E-state index contributed by atoms with van der Waals surface area (Å²) in [6.07, 6.45) is 0.694. The van der Waals surface area contributed by atoms with Gasteiger partial charge in [0.05, 0.1) is 29.5 Å². The van der Waals surface area contributed by atoms with E-state index in [1.54, 1.807) is 16.5 Å². The summed E-state index contributed by atoms with van der Waals surface area (Å²) in [5, 5.41) is 4.44. The number of amides is 1. The highest BCUT2D eigenvalue weighted by Gasteiger charge is 2.26. The van der Waals surface area contributed by atoms with E-state index < -0.39 is 0 Å². The topological polar surface area (TPSA) is 127 Å². The van der Waals surface area contributed by atoms with Gasteiger partial charge >= 0.3 is 0 Å². The van der Waals surface area contributed by atoms with Gasteiger partial charge < -0.3 is 10.6 Å². The van der Waals surface area contributed by atoms with E-state index in [1.165, 1.54) is 6.92 Å². The van der Waals surface area contributed by atoms with E-state index in [-0.39, 0.29) is 42.2 Å². The van der Waals surface area contributed by atoms with Crippen molar-refractivity contribution in [3.63, 3.8) is 0 Å². The van der Waals surface area contributed by atoms with Gasteiger partial charge in [0, 0.05) is 24.2 Å². The van der Waals surface area contributed by atoms with E-state index in [0.717, 1.165) is 5.69 Å². The van der Waals surface area contributed by atoms with Crippen LogP contribution in [0, 0.1) is 13.8 Å². The average Bonchev–Trinajstić information content (AvgIpc) is 2.88. The van der Waals surface area contributed by atoms with E-state index in [1.807, 2.05) is 13.8 Å².